The summed E-state index contributed by atoms with van der Waals surface area (Å²) in [5.74, 6) is 1.77. The first kappa shape index (κ1) is 28.5. The molecule has 0 amide bonds. The van der Waals surface area contributed by atoms with Gasteiger partial charge in [0.2, 0.25) is 0 Å². The van der Waals surface area contributed by atoms with Crippen molar-refractivity contribution >= 4 is 0 Å². The zero-order chi connectivity index (χ0) is 19.0. The number of hydrogen-bond acceptors (Lipinski definition) is 0. The smallest absolute Gasteiger partial charge is 0.0786 e. The highest BCUT2D eigenvalue weighted by Crippen LogP contribution is 2.16. The third kappa shape index (κ3) is 16.4. The van der Waals surface area contributed by atoms with Gasteiger partial charge in [0.25, 0.3) is 0 Å². The molecular formula is C24H52ClN. The Bertz CT molecular complexity index is 247. The van der Waals surface area contributed by atoms with Gasteiger partial charge in [0.1, 0.15) is 0 Å². The summed E-state index contributed by atoms with van der Waals surface area (Å²) in [4.78, 5) is 0. The molecule has 0 aromatic heterocycles. The van der Waals surface area contributed by atoms with E-state index in [-0.39, 0.29) is 12.4 Å². The molecule has 0 spiro atoms. The highest BCUT2D eigenvalue weighted by atomic mass is 35.5. The van der Waals surface area contributed by atoms with Crippen molar-refractivity contribution in [1.82, 2.24) is 0 Å². The lowest BCUT2D eigenvalue weighted by atomic mass is 10.0. The van der Waals surface area contributed by atoms with Crippen molar-refractivity contribution in [2.45, 2.75) is 119 Å². The third-order valence-corrected chi connectivity index (χ3v) is 6.17. The van der Waals surface area contributed by atoms with Gasteiger partial charge in [-0.25, -0.2) is 0 Å². The van der Waals surface area contributed by atoms with E-state index in [1.54, 1.807) is 0 Å². The quantitative estimate of drug-likeness (QED) is 0.232. The summed E-state index contributed by atoms with van der Waals surface area (Å²) in [6.07, 6.45) is 17.3. The van der Waals surface area contributed by atoms with Gasteiger partial charge in [-0.3, -0.25) is 0 Å². The first-order chi connectivity index (χ1) is 12.0. The number of unbranched alkanes of at least 4 members (excludes halogenated alkanes) is 8. The van der Waals surface area contributed by atoms with Crippen molar-refractivity contribution < 1.29 is 16.9 Å². The van der Waals surface area contributed by atoms with E-state index in [0.29, 0.717) is 0 Å². The fraction of sp³-hybridized carbons (Fsp3) is 1.00. The van der Waals surface area contributed by atoms with Crippen LogP contribution < -0.4 is 12.4 Å². The summed E-state index contributed by atoms with van der Waals surface area (Å²) in [5, 5.41) is 0. The van der Waals surface area contributed by atoms with Crippen LogP contribution in [0.3, 0.4) is 0 Å². The fourth-order valence-corrected chi connectivity index (χ4v) is 4.03. The fourth-order valence-electron chi connectivity index (χ4n) is 4.03. The lowest BCUT2D eigenvalue weighted by molar-refractivity contribution is -0.925. The molecule has 0 saturated carbocycles. The van der Waals surface area contributed by atoms with Gasteiger partial charge in [0.15, 0.2) is 0 Å². The van der Waals surface area contributed by atoms with Crippen LogP contribution in [0.5, 0.6) is 0 Å². The monoisotopic (exact) mass is 389 g/mol. The molecule has 0 aliphatic carbocycles. The lowest BCUT2D eigenvalue weighted by Crippen LogP contribution is -3.00. The van der Waals surface area contributed by atoms with Crippen LogP contribution >= 0.6 is 0 Å². The van der Waals surface area contributed by atoms with E-state index in [1.807, 2.05) is 0 Å². The number of quaternary nitrogens is 1. The minimum atomic E-state index is 0. The summed E-state index contributed by atoms with van der Waals surface area (Å²) in [5.41, 5.74) is 0. The van der Waals surface area contributed by atoms with Crippen molar-refractivity contribution in [2.24, 2.45) is 11.8 Å². The van der Waals surface area contributed by atoms with E-state index in [9.17, 15) is 0 Å². The van der Waals surface area contributed by atoms with Crippen LogP contribution in [-0.4, -0.2) is 30.7 Å². The Morgan fingerprint density at radius 3 is 1.12 bits per heavy atom. The summed E-state index contributed by atoms with van der Waals surface area (Å²) < 4.78 is 1.37. The van der Waals surface area contributed by atoms with Crippen molar-refractivity contribution in [2.75, 3.05) is 26.2 Å². The maximum absolute atomic E-state index is 2.41. The van der Waals surface area contributed by atoms with Gasteiger partial charge < -0.3 is 16.9 Å². The molecule has 26 heavy (non-hydrogen) atoms. The summed E-state index contributed by atoms with van der Waals surface area (Å²) >= 11 is 0. The number of halogens is 1. The second-order valence-corrected chi connectivity index (χ2v) is 9.32. The molecule has 0 saturated heterocycles. The number of rotatable bonds is 18. The summed E-state index contributed by atoms with van der Waals surface area (Å²) in [7, 11) is 0. The molecule has 0 rings (SSSR count). The SMILES string of the molecule is CC[N+](CC)(CCCCCCCC(C)C)CCCCCCCC(C)C.[Cl-]. The van der Waals surface area contributed by atoms with Gasteiger partial charge in [0.05, 0.1) is 26.2 Å². The zero-order valence-electron chi connectivity index (χ0n) is 19.3. The Morgan fingerprint density at radius 1 is 0.500 bits per heavy atom. The van der Waals surface area contributed by atoms with Gasteiger partial charge in [-0.2, -0.15) is 0 Å². The predicted molar refractivity (Wildman–Crippen MR) is 116 cm³/mol. The standard InChI is InChI=1S/C24H52N.ClH/c1-7-25(8-2,21-17-13-9-11-15-19-23(3)4)22-18-14-10-12-16-20-24(5)6;/h23-24H,7-22H2,1-6H3;1H/q+1;/p-1. The second kappa shape index (κ2) is 18.6. The average Bonchev–Trinajstić information content (AvgIpc) is 2.58. The van der Waals surface area contributed by atoms with Crippen LogP contribution in [0, 0.1) is 11.8 Å². The molecule has 0 aromatic carbocycles. The molecule has 0 bridgehead atoms. The Morgan fingerprint density at radius 2 is 0.808 bits per heavy atom. The third-order valence-electron chi connectivity index (χ3n) is 6.17. The Labute approximate surface area is 173 Å². The Balaban J connectivity index is 0. The topological polar surface area (TPSA) is 0 Å². The van der Waals surface area contributed by atoms with E-state index in [1.165, 1.54) is 108 Å². The molecule has 1 nitrogen and oxygen atoms in total. The van der Waals surface area contributed by atoms with Crippen molar-refractivity contribution in [3.8, 4) is 0 Å². The first-order valence-corrected chi connectivity index (χ1v) is 11.8. The molecule has 0 unspecified atom stereocenters. The van der Waals surface area contributed by atoms with Crippen LogP contribution in [0.2, 0.25) is 0 Å². The van der Waals surface area contributed by atoms with Gasteiger partial charge in [-0.05, 0) is 51.4 Å². The van der Waals surface area contributed by atoms with Crippen LogP contribution in [-0.2, 0) is 0 Å². The van der Waals surface area contributed by atoms with Gasteiger partial charge >= 0.3 is 0 Å². The molecule has 0 aliphatic heterocycles. The highest BCUT2D eigenvalue weighted by Gasteiger charge is 2.21. The van der Waals surface area contributed by atoms with Crippen molar-refractivity contribution in [3.05, 3.63) is 0 Å². The van der Waals surface area contributed by atoms with Gasteiger partial charge in [-0.15, -0.1) is 0 Å². The summed E-state index contributed by atoms with van der Waals surface area (Å²) in [6, 6.07) is 0. The molecule has 160 valence electrons. The molecule has 0 heterocycles. The molecule has 0 aliphatic rings. The maximum Gasteiger partial charge on any atom is 0.0786 e. The van der Waals surface area contributed by atoms with Crippen LogP contribution in [0.1, 0.15) is 119 Å². The van der Waals surface area contributed by atoms with E-state index >= 15 is 0 Å². The Hall–Kier alpha value is 0.250. The predicted octanol–water partition coefficient (Wildman–Crippen LogP) is 4.84. The lowest BCUT2D eigenvalue weighted by Gasteiger charge is -2.37. The summed E-state index contributed by atoms with van der Waals surface area (Å²) in [6.45, 7) is 19.7. The van der Waals surface area contributed by atoms with Gasteiger partial charge in [0, 0.05) is 0 Å². The van der Waals surface area contributed by atoms with Crippen molar-refractivity contribution in [3.63, 3.8) is 0 Å². The van der Waals surface area contributed by atoms with E-state index in [4.69, 9.17) is 0 Å². The van der Waals surface area contributed by atoms with E-state index < -0.39 is 0 Å². The van der Waals surface area contributed by atoms with Crippen LogP contribution in [0.4, 0.5) is 0 Å². The number of nitrogens with zero attached hydrogens (tertiary/aromatic N) is 1. The van der Waals surface area contributed by atoms with Crippen LogP contribution in [0.25, 0.3) is 0 Å². The first-order valence-electron chi connectivity index (χ1n) is 11.8. The molecule has 2 heteroatoms. The molecule has 0 N–H and O–H groups in total. The molecule has 0 atom stereocenters. The normalized spacial score (nSPS) is 12.0. The van der Waals surface area contributed by atoms with E-state index in [0.717, 1.165) is 11.8 Å². The molecule has 0 radical (unpaired) electrons. The molecule has 0 fully saturated rings. The maximum atomic E-state index is 2.41. The Kier molecular flexibility index (Phi) is 20.4. The minimum Gasteiger partial charge on any atom is -1.00 e. The van der Waals surface area contributed by atoms with E-state index in [2.05, 4.69) is 41.5 Å². The molecule has 0 aromatic rings. The average molecular weight is 390 g/mol. The van der Waals surface area contributed by atoms with Gasteiger partial charge in [-0.1, -0.05) is 79.1 Å². The zero-order valence-corrected chi connectivity index (χ0v) is 20.0. The van der Waals surface area contributed by atoms with Crippen LogP contribution in [0.15, 0.2) is 0 Å². The highest BCUT2D eigenvalue weighted by molar-refractivity contribution is 4.52. The number of hydrogen-bond donors (Lipinski definition) is 0. The largest absolute Gasteiger partial charge is 1.00 e. The minimum absolute atomic E-state index is 0. The second-order valence-electron chi connectivity index (χ2n) is 9.32. The molecular weight excluding hydrogens is 338 g/mol. The van der Waals surface area contributed by atoms with Crippen molar-refractivity contribution in [1.29, 1.82) is 0 Å².